The molecule has 0 atom stereocenters. The minimum absolute atomic E-state index is 0.909. The Labute approximate surface area is 307 Å². The van der Waals surface area contributed by atoms with Gasteiger partial charge in [-0.25, -0.2) is 0 Å². The van der Waals surface area contributed by atoms with Gasteiger partial charge in [-0.05, 0) is 100 Å². The quantitative estimate of drug-likeness (QED) is 0.134. The maximum atomic E-state index is 6.58. The molecule has 11 rings (SSSR count). The van der Waals surface area contributed by atoms with E-state index in [0.29, 0.717) is 0 Å². The summed E-state index contributed by atoms with van der Waals surface area (Å²) >= 11 is 0. The van der Waals surface area contributed by atoms with E-state index in [0.717, 1.165) is 33.1 Å². The number of fused-ring (bicyclic) bond motifs is 8. The molecule has 0 amide bonds. The summed E-state index contributed by atoms with van der Waals surface area (Å²) in [7, 11) is 0. The van der Waals surface area contributed by atoms with Crippen molar-refractivity contribution >= 4 is 65.0 Å². The molecule has 0 unspecified atom stereocenters. The Morgan fingerprint density at radius 1 is 0.264 bits per heavy atom. The van der Waals surface area contributed by atoms with Crippen molar-refractivity contribution in [2.75, 3.05) is 0 Å². The number of para-hydroxylation sites is 2. The minimum atomic E-state index is 0.909. The van der Waals surface area contributed by atoms with E-state index in [9.17, 15) is 0 Å². The van der Waals surface area contributed by atoms with Crippen LogP contribution in [0.15, 0.2) is 199 Å². The molecule has 10 aromatic carbocycles. The highest BCUT2D eigenvalue weighted by Gasteiger charge is 2.21. The van der Waals surface area contributed by atoms with Crippen LogP contribution in [0, 0.1) is 0 Å². The number of rotatable bonds is 4. The largest absolute Gasteiger partial charge is 0.455 e. The molecule has 1 nitrogen and oxygen atoms in total. The topological polar surface area (TPSA) is 13.1 Å². The van der Waals surface area contributed by atoms with E-state index in [-0.39, 0.29) is 0 Å². The van der Waals surface area contributed by atoms with Crippen LogP contribution >= 0.6 is 0 Å². The van der Waals surface area contributed by atoms with E-state index in [1.165, 1.54) is 76.5 Å². The van der Waals surface area contributed by atoms with Crippen molar-refractivity contribution in [3.05, 3.63) is 194 Å². The molecule has 0 aliphatic carbocycles. The van der Waals surface area contributed by atoms with E-state index < -0.39 is 0 Å². The summed E-state index contributed by atoms with van der Waals surface area (Å²) in [6, 6.07) is 70.5. The van der Waals surface area contributed by atoms with Crippen molar-refractivity contribution < 1.29 is 4.42 Å². The van der Waals surface area contributed by atoms with E-state index in [1.807, 2.05) is 6.07 Å². The van der Waals surface area contributed by atoms with E-state index in [1.54, 1.807) is 0 Å². The minimum Gasteiger partial charge on any atom is -0.455 e. The third kappa shape index (κ3) is 4.58. The molecule has 0 aliphatic rings. The van der Waals surface area contributed by atoms with E-state index >= 15 is 0 Å². The zero-order chi connectivity index (χ0) is 34.9. The van der Waals surface area contributed by atoms with Gasteiger partial charge in [0.25, 0.3) is 0 Å². The molecule has 53 heavy (non-hydrogen) atoms. The summed E-state index contributed by atoms with van der Waals surface area (Å²) in [5, 5.41) is 12.3. The van der Waals surface area contributed by atoms with Crippen molar-refractivity contribution in [2.45, 2.75) is 0 Å². The Bertz CT molecular complexity index is 3180. The second kappa shape index (κ2) is 11.8. The first-order valence-electron chi connectivity index (χ1n) is 18.3. The van der Waals surface area contributed by atoms with E-state index in [2.05, 4.69) is 188 Å². The molecule has 1 heteroatoms. The van der Waals surface area contributed by atoms with Gasteiger partial charge in [0.05, 0.1) is 0 Å². The van der Waals surface area contributed by atoms with Gasteiger partial charge in [0.1, 0.15) is 11.2 Å². The Kier molecular flexibility index (Phi) is 6.62. The monoisotopic (exact) mass is 672 g/mol. The van der Waals surface area contributed by atoms with Crippen molar-refractivity contribution in [3.63, 3.8) is 0 Å². The van der Waals surface area contributed by atoms with Gasteiger partial charge in [-0.2, -0.15) is 0 Å². The predicted molar refractivity (Wildman–Crippen MR) is 225 cm³/mol. The van der Waals surface area contributed by atoms with Crippen LogP contribution in [0.1, 0.15) is 0 Å². The summed E-state index contributed by atoms with van der Waals surface area (Å²) in [4.78, 5) is 0. The Morgan fingerprint density at radius 3 is 1.53 bits per heavy atom. The van der Waals surface area contributed by atoms with Crippen molar-refractivity contribution in [1.82, 2.24) is 0 Å². The third-order valence-electron chi connectivity index (χ3n) is 11.1. The fraction of sp³-hybridized carbons (Fsp3) is 0. The first-order chi connectivity index (χ1) is 26.3. The number of hydrogen-bond donors (Lipinski definition) is 0. The van der Waals surface area contributed by atoms with Crippen molar-refractivity contribution in [1.29, 1.82) is 0 Å². The standard InChI is InChI=1S/C52H32O/c1-2-18-36-34(15-1)32-48(38-20-4-3-19-37(36)38)33-16-13-17-35(31-33)50-42-24-7-9-26-44(42)51(45-27-10-8-25-43(45)50)41-23-6-5-21-39(41)46-28-14-29-47-40-22-11-12-30-49(40)53-52(46)47/h1-32H. The lowest BCUT2D eigenvalue weighted by Crippen LogP contribution is -1.93. The van der Waals surface area contributed by atoms with Crippen molar-refractivity contribution in [2.24, 2.45) is 0 Å². The van der Waals surface area contributed by atoms with Gasteiger partial charge in [-0.3, -0.25) is 0 Å². The highest BCUT2D eigenvalue weighted by molar-refractivity contribution is 6.23. The first kappa shape index (κ1) is 29.7. The second-order valence-electron chi connectivity index (χ2n) is 13.9. The molecule has 246 valence electrons. The average molecular weight is 673 g/mol. The number of furan rings is 1. The number of benzene rings is 10. The van der Waals surface area contributed by atoms with Crippen LogP contribution in [0.4, 0.5) is 0 Å². The van der Waals surface area contributed by atoms with Gasteiger partial charge in [0.2, 0.25) is 0 Å². The lowest BCUT2D eigenvalue weighted by molar-refractivity contribution is 0.670. The van der Waals surface area contributed by atoms with Crippen LogP contribution in [0.3, 0.4) is 0 Å². The molecule has 1 heterocycles. The molecule has 0 N–H and O–H groups in total. The highest BCUT2D eigenvalue weighted by Crippen LogP contribution is 2.48. The predicted octanol–water partition coefficient (Wildman–Crippen LogP) is 14.9. The normalized spacial score (nSPS) is 11.8. The Morgan fingerprint density at radius 2 is 0.774 bits per heavy atom. The van der Waals surface area contributed by atoms with Crippen LogP contribution in [0.25, 0.3) is 110 Å². The molecular weight excluding hydrogens is 641 g/mol. The summed E-state index contributed by atoms with van der Waals surface area (Å²) in [5.41, 5.74) is 11.4. The molecule has 0 radical (unpaired) electrons. The maximum absolute atomic E-state index is 6.58. The van der Waals surface area contributed by atoms with Gasteiger partial charge < -0.3 is 4.42 Å². The molecule has 1 aromatic heterocycles. The molecule has 0 bridgehead atoms. The van der Waals surface area contributed by atoms with E-state index in [4.69, 9.17) is 4.42 Å². The van der Waals surface area contributed by atoms with Gasteiger partial charge in [-0.1, -0.05) is 176 Å². The molecule has 0 spiro atoms. The first-order valence-corrected chi connectivity index (χ1v) is 18.3. The SMILES string of the molecule is c1cc(-c2c3ccccc3c(-c3ccccc3-c3cccc4c3oc3ccccc34)c3ccccc23)cc(-c2cc3ccccc3c3ccccc23)c1. The lowest BCUT2D eigenvalue weighted by atomic mass is 9.83. The molecule has 0 saturated heterocycles. The zero-order valence-corrected chi connectivity index (χ0v) is 28.9. The molecule has 0 aliphatic heterocycles. The van der Waals surface area contributed by atoms with Crippen LogP contribution in [-0.2, 0) is 0 Å². The highest BCUT2D eigenvalue weighted by atomic mass is 16.3. The third-order valence-corrected chi connectivity index (χ3v) is 11.1. The molecular formula is C52H32O. The average Bonchev–Trinajstić information content (AvgIpc) is 3.62. The van der Waals surface area contributed by atoms with Crippen LogP contribution in [0.5, 0.6) is 0 Å². The molecule has 0 fully saturated rings. The number of hydrogen-bond acceptors (Lipinski definition) is 1. The second-order valence-corrected chi connectivity index (χ2v) is 13.9. The van der Waals surface area contributed by atoms with Crippen LogP contribution in [0.2, 0.25) is 0 Å². The summed E-state index contributed by atoms with van der Waals surface area (Å²) in [5.74, 6) is 0. The Balaban J connectivity index is 1.17. The smallest absolute Gasteiger partial charge is 0.143 e. The zero-order valence-electron chi connectivity index (χ0n) is 28.9. The summed E-state index contributed by atoms with van der Waals surface area (Å²) in [6.07, 6.45) is 0. The summed E-state index contributed by atoms with van der Waals surface area (Å²) in [6.45, 7) is 0. The van der Waals surface area contributed by atoms with Gasteiger partial charge in [0.15, 0.2) is 0 Å². The lowest BCUT2D eigenvalue weighted by Gasteiger charge is -2.20. The van der Waals surface area contributed by atoms with Gasteiger partial charge in [-0.15, -0.1) is 0 Å². The molecule has 11 aromatic rings. The fourth-order valence-corrected chi connectivity index (χ4v) is 8.76. The van der Waals surface area contributed by atoms with Crippen LogP contribution in [-0.4, -0.2) is 0 Å². The van der Waals surface area contributed by atoms with Gasteiger partial charge in [0, 0.05) is 16.3 Å². The van der Waals surface area contributed by atoms with Crippen molar-refractivity contribution in [3.8, 4) is 44.5 Å². The fourth-order valence-electron chi connectivity index (χ4n) is 8.76. The van der Waals surface area contributed by atoms with Crippen LogP contribution < -0.4 is 0 Å². The maximum Gasteiger partial charge on any atom is 0.143 e. The Hall–Kier alpha value is -6.96. The molecule has 0 saturated carbocycles. The summed E-state index contributed by atoms with van der Waals surface area (Å²) < 4.78 is 6.58. The van der Waals surface area contributed by atoms with Gasteiger partial charge >= 0.3 is 0 Å².